The summed E-state index contributed by atoms with van der Waals surface area (Å²) in [5.41, 5.74) is 2.29. The zero-order chi connectivity index (χ0) is 24.7. The monoisotopic (exact) mass is 506 g/mol. The number of nitro benzene ring substituents is 1. The van der Waals surface area contributed by atoms with Gasteiger partial charge in [0.2, 0.25) is 0 Å². The van der Waals surface area contributed by atoms with Crippen molar-refractivity contribution in [2.45, 2.75) is 13.8 Å². The van der Waals surface area contributed by atoms with Crippen molar-refractivity contribution in [1.29, 1.82) is 0 Å². The third-order valence-corrected chi connectivity index (χ3v) is 6.28. The standard InChI is InChI=1S/C21H16Cl2N2O4S.CO2/c1-11-3-4-13(8-18(11)25(28)29)19(26)9-24-12(2)15-10-30-21(20(15)27)14-5-6-16(22)17(23)7-14;2-1-3/h3-8,10,27H,9H2,1-2H3;. The van der Waals surface area contributed by atoms with Gasteiger partial charge in [0.25, 0.3) is 5.69 Å². The van der Waals surface area contributed by atoms with Crippen LogP contribution in [-0.4, -0.2) is 34.2 Å². The fourth-order valence-electron chi connectivity index (χ4n) is 2.80. The quantitative estimate of drug-likeness (QED) is 0.196. The van der Waals surface area contributed by atoms with E-state index < -0.39 is 4.92 Å². The van der Waals surface area contributed by atoms with Crippen molar-refractivity contribution in [3.05, 3.63) is 78.6 Å². The molecule has 0 saturated carbocycles. The van der Waals surface area contributed by atoms with Gasteiger partial charge in [-0.15, -0.1) is 11.3 Å². The number of nitro groups is 1. The molecule has 1 aromatic heterocycles. The van der Waals surface area contributed by atoms with Crippen LogP contribution in [0.15, 0.2) is 46.8 Å². The number of aliphatic imine (C=N–C) groups is 1. The van der Waals surface area contributed by atoms with Gasteiger partial charge >= 0.3 is 6.15 Å². The summed E-state index contributed by atoms with van der Waals surface area (Å²) in [6.07, 6.45) is 0.250. The van der Waals surface area contributed by atoms with E-state index >= 15 is 0 Å². The van der Waals surface area contributed by atoms with Crippen LogP contribution >= 0.6 is 34.5 Å². The molecule has 0 saturated heterocycles. The maximum Gasteiger partial charge on any atom is 0.373 e. The summed E-state index contributed by atoms with van der Waals surface area (Å²) in [5, 5.41) is 24.2. The van der Waals surface area contributed by atoms with Gasteiger partial charge in [-0.2, -0.15) is 9.59 Å². The largest absolute Gasteiger partial charge is 0.506 e. The topological polar surface area (TPSA) is 127 Å². The number of rotatable bonds is 6. The minimum atomic E-state index is -0.519. The first-order chi connectivity index (χ1) is 15.6. The van der Waals surface area contributed by atoms with E-state index in [1.165, 1.54) is 23.5 Å². The van der Waals surface area contributed by atoms with Gasteiger partial charge in [-0.25, -0.2) is 0 Å². The van der Waals surface area contributed by atoms with Crippen molar-refractivity contribution in [2.75, 3.05) is 6.54 Å². The van der Waals surface area contributed by atoms with Gasteiger partial charge in [0.15, 0.2) is 5.78 Å². The van der Waals surface area contributed by atoms with E-state index in [1.54, 1.807) is 43.5 Å². The van der Waals surface area contributed by atoms with Gasteiger partial charge in [-0.1, -0.05) is 41.4 Å². The molecule has 170 valence electrons. The second-order valence-corrected chi connectivity index (χ2v) is 8.32. The van der Waals surface area contributed by atoms with Gasteiger partial charge in [0, 0.05) is 33.8 Å². The summed E-state index contributed by atoms with van der Waals surface area (Å²) in [5.74, 6) is -0.310. The second-order valence-electron chi connectivity index (χ2n) is 6.62. The lowest BCUT2D eigenvalue weighted by Gasteiger charge is -2.04. The molecule has 2 aromatic carbocycles. The molecule has 11 heteroatoms. The van der Waals surface area contributed by atoms with Gasteiger partial charge in [0.05, 0.1) is 19.8 Å². The van der Waals surface area contributed by atoms with Crippen molar-refractivity contribution in [1.82, 2.24) is 0 Å². The fourth-order valence-corrected chi connectivity index (χ4v) is 4.10. The number of aryl methyl sites for hydroxylation is 1. The third-order valence-electron chi connectivity index (χ3n) is 4.52. The van der Waals surface area contributed by atoms with Gasteiger partial charge in [0.1, 0.15) is 12.3 Å². The van der Waals surface area contributed by atoms with Gasteiger partial charge in [-0.05, 0) is 31.5 Å². The number of aromatic hydroxyl groups is 1. The molecule has 0 aliphatic rings. The lowest BCUT2D eigenvalue weighted by Crippen LogP contribution is -2.07. The summed E-state index contributed by atoms with van der Waals surface area (Å²) in [6, 6.07) is 9.41. The predicted octanol–water partition coefficient (Wildman–Crippen LogP) is 5.75. The maximum atomic E-state index is 12.4. The lowest BCUT2D eigenvalue weighted by atomic mass is 10.1. The summed E-state index contributed by atoms with van der Waals surface area (Å²) in [4.78, 5) is 44.1. The Bertz CT molecular complexity index is 1280. The summed E-state index contributed by atoms with van der Waals surface area (Å²) in [7, 11) is 0. The van der Waals surface area contributed by atoms with Crippen molar-refractivity contribution in [2.24, 2.45) is 4.99 Å². The average molecular weight is 507 g/mol. The Morgan fingerprint density at radius 2 is 1.85 bits per heavy atom. The Balaban J connectivity index is 0.00000122. The molecular formula is C22H16Cl2N2O6S. The first-order valence-corrected chi connectivity index (χ1v) is 10.8. The number of carbonyl (C=O) groups excluding carboxylic acids is 3. The number of halogens is 2. The van der Waals surface area contributed by atoms with Gasteiger partial charge in [-0.3, -0.25) is 19.9 Å². The summed E-state index contributed by atoms with van der Waals surface area (Å²) >= 11 is 13.3. The Hall–Kier alpha value is -3.36. The number of Topliss-reactive ketones (excluding diaryl/α,β-unsaturated/α-hetero) is 1. The molecule has 0 amide bonds. The van der Waals surface area contributed by atoms with Crippen molar-refractivity contribution < 1.29 is 24.4 Å². The van der Waals surface area contributed by atoms with Crippen LogP contribution in [0.2, 0.25) is 10.0 Å². The number of ketones is 1. The average Bonchev–Trinajstić information content (AvgIpc) is 3.15. The van der Waals surface area contributed by atoms with Crippen LogP contribution in [-0.2, 0) is 9.59 Å². The Morgan fingerprint density at radius 1 is 1.18 bits per heavy atom. The first-order valence-electron chi connectivity index (χ1n) is 9.15. The van der Waals surface area contributed by atoms with Crippen LogP contribution in [0.3, 0.4) is 0 Å². The molecule has 0 radical (unpaired) electrons. The van der Waals surface area contributed by atoms with Crippen LogP contribution in [0, 0.1) is 17.0 Å². The predicted molar refractivity (Wildman–Crippen MR) is 126 cm³/mol. The highest BCUT2D eigenvalue weighted by atomic mass is 35.5. The SMILES string of the molecule is CC(=NCC(=O)c1ccc(C)c([N+](=O)[O-])c1)c1csc(-c2ccc(Cl)c(Cl)c2)c1O.O=C=O. The normalized spacial score (nSPS) is 10.7. The number of benzene rings is 2. The minimum absolute atomic E-state index is 0.0399. The van der Waals surface area contributed by atoms with E-state index in [9.17, 15) is 20.0 Å². The highest BCUT2D eigenvalue weighted by Crippen LogP contribution is 2.40. The summed E-state index contributed by atoms with van der Waals surface area (Å²) < 4.78 is 0. The molecule has 0 aliphatic heterocycles. The number of nitrogens with zero attached hydrogens (tertiary/aromatic N) is 2. The maximum absolute atomic E-state index is 12.4. The lowest BCUT2D eigenvalue weighted by molar-refractivity contribution is -0.385. The van der Waals surface area contributed by atoms with E-state index in [0.717, 1.165) is 0 Å². The Labute approximate surface area is 202 Å². The zero-order valence-corrected chi connectivity index (χ0v) is 19.6. The highest BCUT2D eigenvalue weighted by Gasteiger charge is 2.17. The second kappa shape index (κ2) is 11.5. The van der Waals surface area contributed by atoms with Crippen LogP contribution in [0.4, 0.5) is 5.69 Å². The van der Waals surface area contributed by atoms with Crippen LogP contribution in [0.1, 0.15) is 28.4 Å². The fraction of sp³-hybridized carbons (Fsp3) is 0.136. The number of hydrogen-bond acceptors (Lipinski definition) is 8. The molecular weight excluding hydrogens is 491 g/mol. The van der Waals surface area contributed by atoms with E-state index in [1.807, 2.05) is 0 Å². The molecule has 0 fully saturated rings. The van der Waals surface area contributed by atoms with E-state index in [2.05, 4.69) is 4.99 Å². The molecule has 1 N–H and O–H groups in total. The highest BCUT2D eigenvalue weighted by molar-refractivity contribution is 7.14. The molecule has 0 bridgehead atoms. The molecule has 8 nitrogen and oxygen atoms in total. The number of carbonyl (C=O) groups is 1. The van der Waals surface area contributed by atoms with E-state index in [-0.39, 0.29) is 35.5 Å². The van der Waals surface area contributed by atoms with Crippen LogP contribution < -0.4 is 0 Å². The van der Waals surface area contributed by atoms with Crippen molar-refractivity contribution in [3.8, 4) is 16.2 Å². The smallest absolute Gasteiger partial charge is 0.373 e. The molecule has 0 aliphatic carbocycles. The molecule has 0 spiro atoms. The van der Waals surface area contributed by atoms with E-state index in [0.29, 0.717) is 37.3 Å². The van der Waals surface area contributed by atoms with Crippen molar-refractivity contribution in [3.63, 3.8) is 0 Å². The first kappa shape index (κ1) is 25.9. The third kappa shape index (κ3) is 6.34. The molecule has 1 heterocycles. The molecule has 3 rings (SSSR count). The summed E-state index contributed by atoms with van der Waals surface area (Å²) in [6.45, 7) is 3.11. The van der Waals surface area contributed by atoms with Crippen LogP contribution in [0.5, 0.6) is 5.75 Å². The zero-order valence-electron chi connectivity index (χ0n) is 17.3. The molecule has 0 atom stereocenters. The van der Waals surface area contributed by atoms with Gasteiger partial charge < -0.3 is 5.11 Å². The number of thiophene rings is 1. The van der Waals surface area contributed by atoms with Crippen molar-refractivity contribution >= 4 is 57.9 Å². The Kier molecular flexibility index (Phi) is 9.02. The van der Waals surface area contributed by atoms with Crippen LogP contribution in [0.25, 0.3) is 10.4 Å². The number of hydrogen-bond donors (Lipinski definition) is 1. The Morgan fingerprint density at radius 3 is 2.45 bits per heavy atom. The molecule has 33 heavy (non-hydrogen) atoms. The molecule has 0 unspecified atom stereocenters. The van der Waals surface area contributed by atoms with E-state index in [4.69, 9.17) is 32.8 Å². The minimum Gasteiger partial charge on any atom is -0.506 e. The molecule has 3 aromatic rings.